The number of carboxylic acids is 1. The van der Waals surface area contributed by atoms with Gasteiger partial charge in [0.25, 0.3) is 0 Å². The number of carboxylic acid groups (broad SMARTS) is 1. The fourth-order valence-corrected chi connectivity index (χ4v) is 3.01. The van der Waals surface area contributed by atoms with Gasteiger partial charge in [0.2, 0.25) is 0 Å². The highest BCUT2D eigenvalue weighted by Crippen LogP contribution is 2.32. The maximum atomic E-state index is 11.1. The zero-order valence-corrected chi connectivity index (χ0v) is 12.5. The van der Waals surface area contributed by atoms with Gasteiger partial charge in [-0.3, -0.25) is 0 Å². The number of rotatable bonds is 3. The molecular weight excluding hydrogens is 310 g/mol. The molecule has 0 aliphatic carbocycles. The van der Waals surface area contributed by atoms with Gasteiger partial charge in [-0.2, -0.15) is 0 Å². The molecule has 2 N–H and O–H groups in total. The fourth-order valence-electron chi connectivity index (χ4n) is 1.90. The molecule has 5 nitrogen and oxygen atoms in total. The van der Waals surface area contributed by atoms with Gasteiger partial charge in [0.1, 0.15) is 5.03 Å². The Balaban J connectivity index is 1.98. The summed E-state index contributed by atoms with van der Waals surface area (Å²) in [5.41, 5.74) is 2.92. The SMILES string of the molecule is Cc1ccc2nc(Sc3nccc(C(=O)O)c3Cl)[nH]c2c1. The predicted octanol–water partition coefficient (Wildman–Crippen LogP) is 3.77. The molecule has 0 bridgehead atoms. The number of aromatic amines is 1. The minimum atomic E-state index is -1.08. The first-order valence-electron chi connectivity index (χ1n) is 6.06. The molecule has 0 saturated carbocycles. The van der Waals surface area contributed by atoms with Crippen molar-refractivity contribution in [3.05, 3.63) is 46.6 Å². The molecule has 0 aliphatic heterocycles. The lowest BCUT2D eigenvalue weighted by atomic mass is 10.2. The summed E-state index contributed by atoms with van der Waals surface area (Å²) in [5.74, 6) is -1.08. The highest BCUT2D eigenvalue weighted by molar-refractivity contribution is 7.99. The molecule has 0 unspecified atom stereocenters. The average Bonchev–Trinajstić information content (AvgIpc) is 2.82. The van der Waals surface area contributed by atoms with Crippen molar-refractivity contribution in [3.8, 4) is 0 Å². The number of pyridine rings is 1. The smallest absolute Gasteiger partial charge is 0.337 e. The molecule has 0 radical (unpaired) electrons. The summed E-state index contributed by atoms with van der Waals surface area (Å²) < 4.78 is 0. The van der Waals surface area contributed by atoms with Crippen LogP contribution in [-0.2, 0) is 0 Å². The Morgan fingerprint density at radius 1 is 1.38 bits per heavy atom. The second kappa shape index (κ2) is 5.38. The quantitative estimate of drug-likeness (QED) is 0.768. The number of benzene rings is 1. The van der Waals surface area contributed by atoms with E-state index in [4.69, 9.17) is 16.7 Å². The number of hydrogen-bond acceptors (Lipinski definition) is 4. The van der Waals surface area contributed by atoms with E-state index in [9.17, 15) is 4.79 Å². The molecule has 21 heavy (non-hydrogen) atoms. The summed E-state index contributed by atoms with van der Waals surface area (Å²) in [7, 11) is 0. The van der Waals surface area contributed by atoms with E-state index in [2.05, 4.69) is 15.0 Å². The van der Waals surface area contributed by atoms with E-state index in [1.54, 1.807) is 0 Å². The summed E-state index contributed by atoms with van der Waals surface area (Å²) in [6, 6.07) is 7.27. The number of carbonyl (C=O) groups is 1. The van der Waals surface area contributed by atoms with Gasteiger partial charge in [0, 0.05) is 6.20 Å². The standard InChI is InChI=1S/C14H10ClN3O2S/c1-7-2-3-9-10(6-7)18-14(17-9)21-12-11(15)8(13(19)20)4-5-16-12/h2-6H,1H3,(H,17,18)(H,19,20). The lowest BCUT2D eigenvalue weighted by Crippen LogP contribution is -1.99. The van der Waals surface area contributed by atoms with Crippen LogP contribution in [0.2, 0.25) is 5.02 Å². The molecule has 3 rings (SSSR count). The third-order valence-electron chi connectivity index (χ3n) is 2.90. The van der Waals surface area contributed by atoms with Gasteiger partial charge in [0.15, 0.2) is 5.16 Å². The van der Waals surface area contributed by atoms with E-state index in [1.165, 1.54) is 24.0 Å². The zero-order valence-electron chi connectivity index (χ0n) is 10.9. The lowest BCUT2D eigenvalue weighted by molar-refractivity contribution is 0.0696. The van der Waals surface area contributed by atoms with Crippen molar-refractivity contribution in [3.63, 3.8) is 0 Å². The summed E-state index contributed by atoms with van der Waals surface area (Å²) in [6.45, 7) is 2.00. The number of aromatic carboxylic acids is 1. The first kappa shape index (κ1) is 13.9. The number of imidazole rings is 1. The minimum absolute atomic E-state index is 0.0288. The van der Waals surface area contributed by atoms with Crippen LogP contribution in [0.25, 0.3) is 11.0 Å². The Morgan fingerprint density at radius 2 is 2.19 bits per heavy atom. The number of H-pyrrole nitrogens is 1. The second-order valence-corrected chi connectivity index (χ2v) is 5.80. The largest absolute Gasteiger partial charge is 0.478 e. The normalized spacial score (nSPS) is 11.0. The van der Waals surface area contributed by atoms with Gasteiger partial charge < -0.3 is 10.1 Å². The Bertz CT molecular complexity index is 847. The van der Waals surface area contributed by atoms with Crippen LogP contribution in [0.3, 0.4) is 0 Å². The molecule has 2 heterocycles. The van der Waals surface area contributed by atoms with Gasteiger partial charge in [0.05, 0.1) is 21.6 Å². The molecular formula is C14H10ClN3O2S. The topological polar surface area (TPSA) is 78.9 Å². The van der Waals surface area contributed by atoms with Crippen molar-refractivity contribution in [2.24, 2.45) is 0 Å². The van der Waals surface area contributed by atoms with Gasteiger partial charge >= 0.3 is 5.97 Å². The first-order valence-corrected chi connectivity index (χ1v) is 7.26. The molecule has 0 fully saturated rings. The monoisotopic (exact) mass is 319 g/mol. The van der Waals surface area contributed by atoms with E-state index >= 15 is 0 Å². The Morgan fingerprint density at radius 3 is 2.95 bits per heavy atom. The summed E-state index contributed by atoms with van der Waals surface area (Å²) in [5, 5.41) is 10.2. The molecule has 0 amide bonds. The van der Waals surface area contributed by atoms with Crippen molar-refractivity contribution in [2.45, 2.75) is 17.1 Å². The van der Waals surface area contributed by atoms with E-state index in [-0.39, 0.29) is 10.6 Å². The Hall–Kier alpha value is -2.05. The van der Waals surface area contributed by atoms with Crippen LogP contribution in [0.4, 0.5) is 0 Å². The zero-order chi connectivity index (χ0) is 15.0. The van der Waals surface area contributed by atoms with Gasteiger partial charge in [-0.05, 0) is 42.4 Å². The van der Waals surface area contributed by atoms with Crippen molar-refractivity contribution in [1.82, 2.24) is 15.0 Å². The molecule has 106 valence electrons. The van der Waals surface area contributed by atoms with Gasteiger partial charge in [-0.25, -0.2) is 14.8 Å². The average molecular weight is 320 g/mol. The van der Waals surface area contributed by atoms with Crippen LogP contribution >= 0.6 is 23.4 Å². The Labute approximate surface area is 129 Å². The van der Waals surface area contributed by atoms with E-state index < -0.39 is 5.97 Å². The number of aryl methyl sites for hydroxylation is 1. The summed E-state index contributed by atoms with van der Waals surface area (Å²) in [6.07, 6.45) is 1.42. The first-order chi connectivity index (χ1) is 10.0. The summed E-state index contributed by atoms with van der Waals surface area (Å²) >= 11 is 7.28. The highest BCUT2D eigenvalue weighted by atomic mass is 35.5. The molecule has 0 saturated heterocycles. The van der Waals surface area contributed by atoms with Crippen LogP contribution in [-0.4, -0.2) is 26.0 Å². The van der Waals surface area contributed by atoms with E-state index in [0.717, 1.165) is 16.6 Å². The van der Waals surface area contributed by atoms with Crippen molar-refractivity contribution >= 4 is 40.4 Å². The van der Waals surface area contributed by atoms with Gasteiger partial charge in [-0.15, -0.1) is 0 Å². The van der Waals surface area contributed by atoms with Crippen LogP contribution < -0.4 is 0 Å². The van der Waals surface area contributed by atoms with Crippen LogP contribution in [0.1, 0.15) is 15.9 Å². The number of halogens is 1. The van der Waals surface area contributed by atoms with E-state index in [1.807, 2.05) is 25.1 Å². The van der Waals surface area contributed by atoms with Gasteiger partial charge in [-0.1, -0.05) is 17.7 Å². The Kier molecular flexibility index (Phi) is 3.57. The molecule has 3 aromatic rings. The second-order valence-electron chi connectivity index (χ2n) is 4.45. The number of nitrogens with zero attached hydrogens (tertiary/aromatic N) is 2. The fraction of sp³-hybridized carbons (Fsp3) is 0.0714. The summed E-state index contributed by atoms with van der Waals surface area (Å²) in [4.78, 5) is 22.8. The molecule has 7 heteroatoms. The number of hydrogen-bond donors (Lipinski definition) is 2. The number of aromatic nitrogens is 3. The lowest BCUT2D eigenvalue weighted by Gasteiger charge is -2.03. The van der Waals surface area contributed by atoms with Crippen molar-refractivity contribution in [1.29, 1.82) is 0 Å². The third-order valence-corrected chi connectivity index (χ3v) is 4.28. The minimum Gasteiger partial charge on any atom is -0.478 e. The molecule has 0 atom stereocenters. The van der Waals surface area contributed by atoms with Crippen LogP contribution in [0.15, 0.2) is 40.6 Å². The molecule has 2 aromatic heterocycles. The van der Waals surface area contributed by atoms with Crippen LogP contribution in [0, 0.1) is 6.92 Å². The molecule has 1 aromatic carbocycles. The maximum Gasteiger partial charge on any atom is 0.337 e. The number of fused-ring (bicyclic) bond motifs is 1. The third kappa shape index (κ3) is 2.72. The van der Waals surface area contributed by atoms with E-state index in [0.29, 0.717) is 10.2 Å². The maximum absolute atomic E-state index is 11.1. The van der Waals surface area contributed by atoms with Crippen LogP contribution in [0.5, 0.6) is 0 Å². The number of nitrogens with one attached hydrogen (secondary N) is 1. The van der Waals surface area contributed by atoms with Crippen molar-refractivity contribution < 1.29 is 9.90 Å². The predicted molar refractivity (Wildman–Crippen MR) is 81.2 cm³/mol. The highest BCUT2D eigenvalue weighted by Gasteiger charge is 2.15. The molecule has 0 aliphatic rings. The van der Waals surface area contributed by atoms with Crippen molar-refractivity contribution in [2.75, 3.05) is 0 Å². The molecule has 0 spiro atoms.